The molecule has 0 aliphatic carbocycles. The first-order chi connectivity index (χ1) is 18.6. The number of carbonyl (C=O) groups excluding carboxylic acids is 3. The van der Waals surface area contributed by atoms with Crippen molar-refractivity contribution in [1.29, 1.82) is 0 Å². The molecule has 0 spiro atoms. The molecule has 4 atom stereocenters. The number of imidazole rings is 3. The highest BCUT2D eigenvalue weighted by Gasteiger charge is 2.32. The van der Waals surface area contributed by atoms with Gasteiger partial charge in [-0.3, -0.25) is 19.2 Å². The van der Waals surface area contributed by atoms with Crippen molar-refractivity contribution in [1.82, 2.24) is 45.9 Å². The number of carboxylic acids is 2. The van der Waals surface area contributed by atoms with E-state index in [1.54, 1.807) is 0 Å². The van der Waals surface area contributed by atoms with Crippen molar-refractivity contribution in [2.45, 2.75) is 49.9 Å². The molecule has 0 bridgehead atoms. The van der Waals surface area contributed by atoms with Crippen molar-refractivity contribution in [3.8, 4) is 0 Å². The third-order valence-electron chi connectivity index (χ3n) is 5.55. The standard InChI is InChI=1S/C22H28N10O7/c23-14(1-11-5-24-8-27-11)19(35)30-16(4-18(33)34)21(37)31-15(2-12-6-25-9-28-12)20(36)32-17(22(38)39)3-13-7-26-10-29-13/h5-10,14-17H,1-4,23H2,(H,24,27)(H,25,28)(H,26,29)(H,30,35)(H,31,37)(H,32,36)(H,33,34)(H,38,39). The van der Waals surface area contributed by atoms with Gasteiger partial charge in [-0.1, -0.05) is 0 Å². The SMILES string of the molecule is NC(Cc1cnc[nH]1)C(=O)NC(CC(=O)O)C(=O)NC(Cc1cnc[nH]1)C(=O)NC(Cc1cnc[nH]1)C(=O)O. The monoisotopic (exact) mass is 544 g/mol. The highest BCUT2D eigenvalue weighted by Crippen LogP contribution is 2.05. The lowest BCUT2D eigenvalue weighted by molar-refractivity contribution is -0.143. The summed E-state index contributed by atoms with van der Waals surface area (Å²) in [5, 5.41) is 26.0. The van der Waals surface area contributed by atoms with E-state index in [1.807, 2.05) is 0 Å². The van der Waals surface area contributed by atoms with Crippen molar-refractivity contribution in [3.63, 3.8) is 0 Å². The van der Waals surface area contributed by atoms with Gasteiger partial charge in [0.25, 0.3) is 0 Å². The fraction of sp³-hybridized carbons (Fsp3) is 0.364. The van der Waals surface area contributed by atoms with Gasteiger partial charge in [0.1, 0.15) is 18.1 Å². The van der Waals surface area contributed by atoms with E-state index >= 15 is 0 Å². The van der Waals surface area contributed by atoms with Crippen LogP contribution in [0.1, 0.15) is 23.5 Å². The van der Waals surface area contributed by atoms with Gasteiger partial charge in [0, 0.05) is 54.9 Å². The van der Waals surface area contributed by atoms with E-state index in [0.29, 0.717) is 17.1 Å². The molecule has 4 unspecified atom stereocenters. The number of aromatic nitrogens is 6. The number of rotatable bonds is 15. The molecular weight excluding hydrogens is 516 g/mol. The zero-order valence-electron chi connectivity index (χ0n) is 20.5. The quantitative estimate of drug-likeness (QED) is 0.0944. The average molecular weight is 545 g/mol. The molecule has 3 heterocycles. The summed E-state index contributed by atoms with van der Waals surface area (Å²) in [6, 6.07) is -5.43. The molecule has 10 N–H and O–H groups in total. The van der Waals surface area contributed by atoms with Crippen molar-refractivity contribution in [3.05, 3.63) is 54.7 Å². The molecule has 39 heavy (non-hydrogen) atoms. The second kappa shape index (κ2) is 13.5. The number of nitrogens with one attached hydrogen (secondary N) is 6. The van der Waals surface area contributed by atoms with Crippen LogP contribution >= 0.6 is 0 Å². The van der Waals surface area contributed by atoms with Gasteiger partial charge < -0.3 is 46.8 Å². The maximum atomic E-state index is 13.1. The smallest absolute Gasteiger partial charge is 0.326 e. The van der Waals surface area contributed by atoms with Gasteiger partial charge in [-0.2, -0.15) is 0 Å². The Morgan fingerprint density at radius 2 is 1.13 bits per heavy atom. The summed E-state index contributed by atoms with van der Waals surface area (Å²) in [7, 11) is 0. The van der Waals surface area contributed by atoms with Crippen molar-refractivity contribution in [2.75, 3.05) is 0 Å². The Hall–Kier alpha value is -5.06. The van der Waals surface area contributed by atoms with Crippen LogP contribution in [-0.2, 0) is 43.2 Å². The Bertz CT molecular complexity index is 1240. The lowest BCUT2D eigenvalue weighted by Gasteiger charge is -2.24. The number of hydrogen-bond donors (Lipinski definition) is 9. The molecular formula is C22H28N10O7. The van der Waals surface area contributed by atoms with Crippen LogP contribution in [0.5, 0.6) is 0 Å². The van der Waals surface area contributed by atoms with Gasteiger partial charge in [0.2, 0.25) is 17.7 Å². The summed E-state index contributed by atoms with van der Waals surface area (Å²) in [5.41, 5.74) is 7.32. The van der Waals surface area contributed by atoms with E-state index in [9.17, 15) is 34.2 Å². The number of hydrogen-bond acceptors (Lipinski definition) is 9. The summed E-state index contributed by atoms with van der Waals surface area (Å²) in [5.74, 6) is -5.36. The van der Waals surface area contributed by atoms with Crippen LogP contribution in [0.2, 0.25) is 0 Å². The van der Waals surface area contributed by atoms with Crippen LogP contribution in [0.3, 0.4) is 0 Å². The number of nitrogens with two attached hydrogens (primary N) is 1. The lowest BCUT2D eigenvalue weighted by Crippen LogP contribution is -2.58. The van der Waals surface area contributed by atoms with Crippen LogP contribution in [0.15, 0.2) is 37.6 Å². The molecule has 0 aromatic carbocycles. The van der Waals surface area contributed by atoms with E-state index in [2.05, 4.69) is 45.9 Å². The number of carboxylic acid groups (broad SMARTS) is 2. The Labute approximate surface area is 220 Å². The average Bonchev–Trinajstić information content (AvgIpc) is 3.66. The van der Waals surface area contributed by atoms with Gasteiger partial charge in [0.05, 0.1) is 31.4 Å². The molecule has 0 saturated heterocycles. The Balaban J connectivity index is 1.73. The van der Waals surface area contributed by atoms with Crippen LogP contribution in [-0.4, -0.2) is 93.9 Å². The van der Waals surface area contributed by atoms with Crippen LogP contribution < -0.4 is 21.7 Å². The van der Waals surface area contributed by atoms with E-state index in [1.165, 1.54) is 37.6 Å². The Kier molecular flexibility index (Phi) is 9.85. The largest absolute Gasteiger partial charge is 0.481 e. The van der Waals surface area contributed by atoms with E-state index in [4.69, 9.17) is 5.73 Å². The number of H-pyrrole nitrogens is 3. The predicted molar refractivity (Wildman–Crippen MR) is 131 cm³/mol. The predicted octanol–water partition coefficient (Wildman–Crippen LogP) is -2.78. The molecule has 0 saturated carbocycles. The van der Waals surface area contributed by atoms with E-state index < -0.39 is 60.2 Å². The van der Waals surface area contributed by atoms with Gasteiger partial charge >= 0.3 is 11.9 Å². The zero-order valence-corrected chi connectivity index (χ0v) is 20.5. The topological polar surface area (TPSA) is 274 Å². The molecule has 208 valence electrons. The normalized spacial score (nSPS) is 14.0. The second-order valence-corrected chi connectivity index (χ2v) is 8.57. The van der Waals surface area contributed by atoms with Crippen molar-refractivity contribution < 1.29 is 34.2 Å². The van der Waals surface area contributed by atoms with Crippen LogP contribution in [0.25, 0.3) is 0 Å². The highest BCUT2D eigenvalue weighted by atomic mass is 16.4. The minimum Gasteiger partial charge on any atom is -0.481 e. The maximum Gasteiger partial charge on any atom is 0.326 e. The molecule has 17 nitrogen and oxygen atoms in total. The third-order valence-corrected chi connectivity index (χ3v) is 5.55. The molecule has 17 heteroatoms. The zero-order chi connectivity index (χ0) is 28.4. The Morgan fingerprint density at radius 3 is 1.59 bits per heavy atom. The molecule has 3 aromatic rings. The minimum absolute atomic E-state index is 0.0466. The lowest BCUT2D eigenvalue weighted by atomic mass is 10.1. The van der Waals surface area contributed by atoms with Gasteiger partial charge in [-0.25, -0.2) is 19.7 Å². The number of aromatic amines is 3. The fourth-order valence-electron chi connectivity index (χ4n) is 3.58. The molecule has 0 fully saturated rings. The molecule has 0 aliphatic rings. The summed E-state index contributed by atoms with van der Waals surface area (Å²) in [6.07, 6.45) is 7.36. The minimum atomic E-state index is -1.58. The summed E-state index contributed by atoms with van der Waals surface area (Å²) in [4.78, 5) is 81.8. The van der Waals surface area contributed by atoms with E-state index in [-0.39, 0.29) is 19.3 Å². The van der Waals surface area contributed by atoms with Crippen LogP contribution in [0, 0.1) is 0 Å². The summed E-state index contributed by atoms with van der Waals surface area (Å²) >= 11 is 0. The first-order valence-corrected chi connectivity index (χ1v) is 11.7. The Morgan fingerprint density at radius 1 is 0.692 bits per heavy atom. The molecule has 3 rings (SSSR count). The number of carbonyl (C=O) groups is 5. The first-order valence-electron chi connectivity index (χ1n) is 11.7. The molecule has 0 radical (unpaired) electrons. The van der Waals surface area contributed by atoms with E-state index in [0.717, 1.165) is 0 Å². The first kappa shape index (κ1) is 28.5. The summed E-state index contributed by atoms with van der Waals surface area (Å²) in [6.45, 7) is 0. The van der Waals surface area contributed by atoms with Crippen molar-refractivity contribution in [2.24, 2.45) is 5.73 Å². The van der Waals surface area contributed by atoms with Gasteiger partial charge in [-0.15, -0.1) is 0 Å². The maximum absolute atomic E-state index is 13.1. The molecule has 0 aliphatic heterocycles. The number of nitrogens with zero attached hydrogens (tertiary/aromatic N) is 3. The van der Waals surface area contributed by atoms with Gasteiger partial charge in [0.15, 0.2) is 0 Å². The third kappa shape index (κ3) is 8.78. The number of amides is 3. The summed E-state index contributed by atoms with van der Waals surface area (Å²) < 4.78 is 0. The number of aliphatic carboxylic acids is 2. The van der Waals surface area contributed by atoms with Crippen LogP contribution in [0.4, 0.5) is 0 Å². The molecule has 3 aromatic heterocycles. The van der Waals surface area contributed by atoms with Crippen molar-refractivity contribution >= 4 is 29.7 Å². The van der Waals surface area contributed by atoms with Gasteiger partial charge in [-0.05, 0) is 0 Å². The highest BCUT2D eigenvalue weighted by molar-refractivity contribution is 5.95. The molecule has 3 amide bonds. The fourth-order valence-corrected chi connectivity index (χ4v) is 3.58. The second-order valence-electron chi connectivity index (χ2n) is 8.57.